The lowest BCUT2D eigenvalue weighted by molar-refractivity contribution is 0.0542. The summed E-state index contributed by atoms with van der Waals surface area (Å²) in [7, 11) is 0. The first-order valence-electron chi connectivity index (χ1n) is 6.03. The number of rotatable bonds is 1. The van der Waals surface area contributed by atoms with Crippen LogP contribution in [-0.2, 0) is 4.74 Å². The van der Waals surface area contributed by atoms with Gasteiger partial charge in [0.1, 0.15) is 6.61 Å². The third kappa shape index (κ3) is 1.69. The molecule has 0 aliphatic carbocycles. The third-order valence-electron chi connectivity index (χ3n) is 3.79. The molecule has 1 N–H and O–H groups in total. The second-order valence-electron chi connectivity index (χ2n) is 6.11. The standard InChI is InChI=1S/C12H22N2O2/c1-11(2,3)14-10(15)16-8-12(14,4)9-5-6-13-7-9/h9,13H,5-8H2,1-4H3. The van der Waals surface area contributed by atoms with E-state index in [0.29, 0.717) is 12.5 Å². The quantitative estimate of drug-likeness (QED) is 0.738. The molecule has 0 aromatic rings. The summed E-state index contributed by atoms with van der Waals surface area (Å²) >= 11 is 0. The van der Waals surface area contributed by atoms with Gasteiger partial charge in [0.15, 0.2) is 0 Å². The maximum absolute atomic E-state index is 11.9. The van der Waals surface area contributed by atoms with E-state index in [4.69, 9.17) is 4.74 Å². The van der Waals surface area contributed by atoms with E-state index in [1.165, 1.54) is 0 Å². The van der Waals surface area contributed by atoms with Crippen molar-refractivity contribution in [1.29, 1.82) is 0 Å². The van der Waals surface area contributed by atoms with Crippen molar-refractivity contribution in [3.63, 3.8) is 0 Å². The fraction of sp³-hybridized carbons (Fsp3) is 0.917. The molecule has 2 fully saturated rings. The van der Waals surface area contributed by atoms with E-state index < -0.39 is 0 Å². The summed E-state index contributed by atoms with van der Waals surface area (Å²) < 4.78 is 5.28. The molecule has 2 heterocycles. The Morgan fingerprint density at radius 1 is 1.50 bits per heavy atom. The molecule has 4 nitrogen and oxygen atoms in total. The van der Waals surface area contributed by atoms with E-state index in [1.54, 1.807) is 0 Å². The van der Waals surface area contributed by atoms with Crippen LogP contribution >= 0.6 is 0 Å². The topological polar surface area (TPSA) is 41.6 Å². The summed E-state index contributed by atoms with van der Waals surface area (Å²) in [5.74, 6) is 0.498. The largest absolute Gasteiger partial charge is 0.447 e. The normalized spacial score (nSPS) is 35.6. The molecule has 2 aliphatic rings. The molecule has 2 saturated heterocycles. The number of nitrogens with zero attached hydrogens (tertiary/aromatic N) is 1. The van der Waals surface area contributed by atoms with Crippen LogP contribution in [-0.4, -0.2) is 41.8 Å². The van der Waals surface area contributed by atoms with Gasteiger partial charge in [-0.15, -0.1) is 0 Å². The molecule has 1 amide bonds. The van der Waals surface area contributed by atoms with Gasteiger partial charge in [0.25, 0.3) is 0 Å². The Labute approximate surface area is 97.3 Å². The van der Waals surface area contributed by atoms with Crippen LogP contribution < -0.4 is 5.32 Å². The summed E-state index contributed by atoms with van der Waals surface area (Å²) in [5, 5.41) is 3.37. The van der Waals surface area contributed by atoms with E-state index in [1.807, 2.05) is 4.90 Å². The Hall–Kier alpha value is -0.770. The molecule has 2 atom stereocenters. The van der Waals surface area contributed by atoms with Gasteiger partial charge in [-0.1, -0.05) is 0 Å². The van der Waals surface area contributed by atoms with Gasteiger partial charge in [0.2, 0.25) is 0 Å². The molecule has 2 unspecified atom stereocenters. The number of amides is 1. The molecular weight excluding hydrogens is 204 g/mol. The fourth-order valence-corrected chi connectivity index (χ4v) is 3.07. The number of hydrogen-bond donors (Lipinski definition) is 1. The van der Waals surface area contributed by atoms with Crippen LogP contribution in [0.3, 0.4) is 0 Å². The summed E-state index contributed by atoms with van der Waals surface area (Å²) in [4.78, 5) is 13.8. The smallest absolute Gasteiger partial charge is 0.410 e. The van der Waals surface area contributed by atoms with Gasteiger partial charge in [-0.3, -0.25) is 4.90 Å². The summed E-state index contributed by atoms with van der Waals surface area (Å²) in [5.41, 5.74) is -0.330. The van der Waals surface area contributed by atoms with Crippen LogP contribution in [0.15, 0.2) is 0 Å². The number of cyclic esters (lactones) is 1. The fourth-order valence-electron chi connectivity index (χ4n) is 3.07. The van der Waals surface area contributed by atoms with Gasteiger partial charge >= 0.3 is 6.09 Å². The number of carbonyl (C=O) groups is 1. The van der Waals surface area contributed by atoms with Crippen molar-refractivity contribution in [2.24, 2.45) is 5.92 Å². The Morgan fingerprint density at radius 3 is 2.69 bits per heavy atom. The minimum absolute atomic E-state index is 0.154. The van der Waals surface area contributed by atoms with Crippen molar-refractivity contribution in [2.45, 2.75) is 45.2 Å². The first-order chi connectivity index (χ1) is 7.36. The zero-order chi connectivity index (χ0) is 12.0. The summed E-state index contributed by atoms with van der Waals surface area (Å²) in [6, 6.07) is 0. The van der Waals surface area contributed by atoms with Crippen molar-refractivity contribution < 1.29 is 9.53 Å². The zero-order valence-electron chi connectivity index (χ0n) is 10.7. The van der Waals surface area contributed by atoms with Crippen LogP contribution in [0, 0.1) is 5.92 Å². The molecule has 2 rings (SSSR count). The number of hydrogen-bond acceptors (Lipinski definition) is 3. The maximum Gasteiger partial charge on any atom is 0.410 e. The van der Waals surface area contributed by atoms with Crippen molar-refractivity contribution in [2.75, 3.05) is 19.7 Å². The molecule has 0 spiro atoms. The first-order valence-corrected chi connectivity index (χ1v) is 6.03. The lowest BCUT2D eigenvalue weighted by Gasteiger charge is -2.44. The second kappa shape index (κ2) is 3.62. The highest BCUT2D eigenvalue weighted by atomic mass is 16.6. The molecule has 0 bridgehead atoms. The van der Waals surface area contributed by atoms with Crippen LogP contribution in [0.2, 0.25) is 0 Å². The van der Waals surface area contributed by atoms with Gasteiger partial charge < -0.3 is 10.1 Å². The summed E-state index contributed by atoms with van der Waals surface area (Å²) in [6.45, 7) is 10.9. The highest BCUT2D eigenvalue weighted by Gasteiger charge is 2.53. The van der Waals surface area contributed by atoms with Crippen LogP contribution in [0.4, 0.5) is 4.79 Å². The SMILES string of the molecule is CC(C)(C)N1C(=O)OCC1(C)C1CCNC1. The lowest BCUT2D eigenvalue weighted by Crippen LogP contribution is -2.58. The van der Waals surface area contributed by atoms with Crippen LogP contribution in [0.1, 0.15) is 34.1 Å². The summed E-state index contributed by atoms with van der Waals surface area (Å²) in [6.07, 6.45) is 0.960. The molecule has 92 valence electrons. The Balaban J connectivity index is 2.28. The van der Waals surface area contributed by atoms with Gasteiger partial charge in [-0.25, -0.2) is 4.79 Å². The number of ether oxygens (including phenoxy) is 1. The number of carbonyl (C=O) groups excluding carboxylic acids is 1. The molecule has 2 aliphatic heterocycles. The predicted octanol–water partition coefficient (Wildman–Crippen LogP) is 1.61. The maximum atomic E-state index is 11.9. The van der Waals surface area contributed by atoms with E-state index >= 15 is 0 Å². The average Bonchev–Trinajstić information content (AvgIpc) is 2.72. The molecule has 0 saturated carbocycles. The molecule has 4 heteroatoms. The monoisotopic (exact) mass is 226 g/mol. The highest BCUT2D eigenvalue weighted by molar-refractivity contribution is 5.72. The van der Waals surface area contributed by atoms with E-state index in [0.717, 1.165) is 19.5 Å². The van der Waals surface area contributed by atoms with E-state index in [-0.39, 0.29) is 17.2 Å². The highest BCUT2D eigenvalue weighted by Crippen LogP contribution is 2.39. The molecular formula is C12H22N2O2. The Kier molecular flexibility index (Phi) is 2.65. The first kappa shape index (κ1) is 11.7. The minimum atomic E-state index is -0.176. The Morgan fingerprint density at radius 2 is 2.19 bits per heavy atom. The molecule has 0 radical (unpaired) electrons. The predicted molar refractivity (Wildman–Crippen MR) is 62.3 cm³/mol. The average molecular weight is 226 g/mol. The number of nitrogens with one attached hydrogen (secondary N) is 1. The van der Waals surface area contributed by atoms with Gasteiger partial charge in [0, 0.05) is 12.1 Å². The minimum Gasteiger partial charge on any atom is -0.447 e. The van der Waals surface area contributed by atoms with Gasteiger partial charge in [-0.05, 0) is 46.6 Å². The van der Waals surface area contributed by atoms with Gasteiger partial charge in [-0.2, -0.15) is 0 Å². The van der Waals surface area contributed by atoms with Crippen LogP contribution in [0.5, 0.6) is 0 Å². The van der Waals surface area contributed by atoms with E-state index in [9.17, 15) is 4.79 Å². The second-order valence-corrected chi connectivity index (χ2v) is 6.11. The molecule has 0 aromatic carbocycles. The van der Waals surface area contributed by atoms with Crippen molar-refractivity contribution in [1.82, 2.24) is 10.2 Å². The Bertz CT molecular complexity index is 292. The van der Waals surface area contributed by atoms with Crippen LogP contribution in [0.25, 0.3) is 0 Å². The van der Waals surface area contributed by atoms with Crippen molar-refractivity contribution in [3.05, 3.63) is 0 Å². The molecule has 0 aromatic heterocycles. The van der Waals surface area contributed by atoms with E-state index in [2.05, 4.69) is 33.0 Å². The zero-order valence-corrected chi connectivity index (χ0v) is 10.7. The van der Waals surface area contributed by atoms with Crippen molar-refractivity contribution >= 4 is 6.09 Å². The third-order valence-corrected chi connectivity index (χ3v) is 3.79. The van der Waals surface area contributed by atoms with Gasteiger partial charge in [0.05, 0.1) is 5.54 Å². The lowest BCUT2D eigenvalue weighted by atomic mass is 9.82. The molecule has 16 heavy (non-hydrogen) atoms. The van der Waals surface area contributed by atoms with Crippen molar-refractivity contribution in [3.8, 4) is 0 Å².